The number of benzene rings is 2. The van der Waals surface area contributed by atoms with Gasteiger partial charge in [-0.1, -0.05) is 30.3 Å². The summed E-state index contributed by atoms with van der Waals surface area (Å²) in [6.07, 6.45) is -4.77. The largest absolute Gasteiger partial charge is 0.501 e. The van der Waals surface area contributed by atoms with Gasteiger partial charge in [0.05, 0.1) is 5.56 Å². The van der Waals surface area contributed by atoms with Crippen LogP contribution in [0.25, 0.3) is 11.1 Å². The van der Waals surface area contributed by atoms with Crippen molar-refractivity contribution in [2.45, 2.75) is 39.0 Å². The van der Waals surface area contributed by atoms with Gasteiger partial charge in [0.1, 0.15) is 11.6 Å². The third-order valence-electron chi connectivity index (χ3n) is 5.84. The minimum absolute atomic E-state index is 0.0380. The maximum atomic E-state index is 14.2. The zero-order chi connectivity index (χ0) is 24.8. The van der Waals surface area contributed by atoms with Crippen LogP contribution in [0, 0.1) is 5.82 Å². The van der Waals surface area contributed by atoms with Gasteiger partial charge >= 0.3 is 11.7 Å². The Bertz CT molecular complexity index is 1330. The molecule has 0 saturated carbocycles. The number of nitrogens with zero attached hydrogens (tertiary/aromatic N) is 3. The zero-order valence-electron chi connectivity index (χ0n) is 18.4. The molecule has 0 bridgehead atoms. The second kappa shape index (κ2) is 8.58. The first-order valence-electron chi connectivity index (χ1n) is 10.6. The molecule has 1 aromatic heterocycles. The van der Waals surface area contributed by atoms with Crippen LogP contribution in [-0.4, -0.2) is 38.1 Å². The molecule has 1 aliphatic rings. The predicted octanol–water partition coefficient (Wildman–Crippen LogP) is 4.23. The van der Waals surface area contributed by atoms with Gasteiger partial charge in [-0.3, -0.25) is 9.59 Å². The molecule has 0 fully saturated rings. The van der Waals surface area contributed by atoms with Crippen LogP contribution in [0.2, 0.25) is 0 Å². The number of aromatic nitrogens is 2. The fraction of sp³-hybridized carbons (Fsp3) is 0.292. The molecule has 2 heterocycles. The highest BCUT2D eigenvalue weighted by molar-refractivity contribution is 5.95. The highest BCUT2D eigenvalue weighted by atomic mass is 19.4. The standard InChI is InChI=1S/C24H21F4N3O3/c1-13(2)30-9-10-31-19(29-22(33)21(32)20(31)23(30)34)12-14-5-3-4-6-16(14)15-7-8-17(18(25)11-15)24(26,27)28/h3-8,11,13,32H,9-10,12H2,1-2H3. The number of carbonyl (C=O) groups excluding carboxylic acids is 1. The van der Waals surface area contributed by atoms with E-state index in [1.807, 2.05) is 13.8 Å². The van der Waals surface area contributed by atoms with Gasteiger partial charge in [-0.2, -0.15) is 18.2 Å². The average Bonchev–Trinajstić information content (AvgIpc) is 2.76. The number of rotatable bonds is 4. The molecule has 34 heavy (non-hydrogen) atoms. The molecule has 0 radical (unpaired) electrons. The fourth-order valence-electron chi connectivity index (χ4n) is 4.16. The van der Waals surface area contributed by atoms with Crippen LogP contribution >= 0.6 is 0 Å². The van der Waals surface area contributed by atoms with Crippen molar-refractivity contribution in [1.82, 2.24) is 14.5 Å². The third kappa shape index (κ3) is 4.15. The Morgan fingerprint density at radius 1 is 1.09 bits per heavy atom. The smallest absolute Gasteiger partial charge is 0.419 e. The van der Waals surface area contributed by atoms with Crippen LogP contribution in [0.4, 0.5) is 17.6 Å². The summed E-state index contributed by atoms with van der Waals surface area (Å²) in [7, 11) is 0. The Morgan fingerprint density at radius 2 is 1.79 bits per heavy atom. The van der Waals surface area contributed by atoms with E-state index in [0.29, 0.717) is 30.3 Å². The summed E-state index contributed by atoms with van der Waals surface area (Å²) in [5, 5.41) is 10.3. The van der Waals surface area contributed by atoms with Gasteiger partial charge in [0, 0.05) is 25.6 Å². The second-order valence-electron chi connectivity index (χ2n) is 8.30. The van der Waals surface area contributed by atoms with Crippen LogP contribution in [0.3, 0.4) is 0 Å². The van der Waals surface area contributed by atoms with Gasteiger partial charge < -0.3 is 14.6 Å². The van der Waals surface area contributed by atoms with E-state index in [0.717, 1.165) is 6.07 Å². The highest BCUT2D eigenvalue weighted by Gasteiger charge is 2.34. The summed E-state index contributed by atoms with van der Waals surface area (Å²) in [5.74, 6) is -2.39. The van der Waals surface area contributed by atoms with E-state index >= 15 is 0 Å². The van der Waals surface area contributed by atoms with Crippen molar-refractivity contribution in [3.8, 4) is 16.9 Å². The molecule has 1 aliphatic heterocycles. The van der Waals surface area contributed by atoms with Crippen LogP contribution < -0.4 is 5.56 Å². The van der Waals surface area contributed by atoms with E-state index in [1.165, 1.54) is 15.5 Å². The maximum absolute atomic E-state index is 14.2. The number of alkyl halides is 3. The predicted molar refractivity (Wildman–Crippen MR) is 116 cm³/mol. The second-order valence-corrected chi connectivity index (χ2v) is 8.30. The lowest BCUT2D eigenvalue weighted by atomic mass is 9.96. The third-order valence-corrected chi connectivity index (χ3v) is 5.84. The monoisotopic (exact) mass is 475 g/mol. The van der Waals surface area contributed by atoms with Crippen LogP contribution in [-0.2, 0) is 19.1 Å². The van der Waals surface area contributed by atoms with E-state index in [4.69, 9.17) is 0 Å². The first-order chi connectivity index (χ1) is 16.0. The number of carbonyl (C=O) groups is 1. The van der Waals surface area contributed by atoms with Gasteiger partial charge in [-0.25, -0.2) is 4.39 Å². The Labute approximate surface area is 192 Å². The molecule has 0 unspecified atom stereocenters. The summed E-state index contributed by atoms with van der Waals surface area (Å²) in [5.41, 5.74) is -1.21. The molecule has 1 amide bonds. The first-order valence-corrected chi connectivity index (χ1v) is 10.6. The van der Waals surface area contributed by atoms with Crippen molar-refractivity contribution in [2.24, 2.45) is 0 Å². The molecule has 6 nitrogen and oxygen atoms in total. The summed E-state index contributed by atoms with van der Waals surface area (Å²) >= 11 is 0. The van der Waals surface area contributed by atoms with E-state index in [1.54, 1.807) is 24.3 Å². The zero-order valence-corrected chi connectivity index (χ0v) is 18.4. The molecule has 4 rings (SSSR count). The Morgan fingerprint density at radius 3 is 2.44 bits per heavy atom. The molecular formula is C24H21F4N3O3. The molecule has 0 spiro atoms. The number of hydrogen-bond acceptors (Lipinski definition) is 4. The minimum Gasteiger partial charge on any atom is -0.501 e. The van der Waals surface area contributed by atoms with Crippen molar-refractivity contribution >= 4 is 5.91 Å². The number of halogens is 4. The van der Waals surface area contributed by atoms with E-state index in [9.17, 15) is 32.3 Å². The van der Waals surface area contributed by atoms with E-state index in [2.05, 4.69) is 4.98 Å². The Hall–Kier alpha value is -3.69. The number of aromatic hydroxyl groups is 1. The molecule has 1 N–H and O–H groups in total. The maximum Gasteiger partial charge on any atom is 0.419 e. The Balaban J connectivity index is 1.78. The minimum atomic E-state index is -4.81. The summed E-state index contributed by atoms with van der Waals surface area (Å²) < 4.78 is 54.6. The van der Waals surface area contributed by atoms with Crippen molar-refractivity contribution < 1.29 is 27.5 Å². The topological polar surface area (TPSA) is 75.4 Å². The van der Waals surface area contributed by atoms with Crippen molar-refractivity contribution in [3.63, 3.8) is 0 Å². The van der Waals surface area contributed by atoms with Crippen molar-refractivity contribution in [3.05, 3.63) is 81.3 Å². The van der Waals surface area contributed by atoms with Gasteiger partial charge in [0.15, 0.2) is 5.69 Å². The quantitative estimate of drug-likeness (QED) is 0.574. The summed E-state index contributed by atoms with van der Waals surface area (Å²) in [6.45, 7) is 4.30. The molecule has 2 aromatic carbocycles. The van der Waals surface area contributed by atoms with Crippen molar-refractivity contribution in [1.29, 1.82) is 0 Å². The first kappa shape index (κ1) is 23.5. The number of hydrogen-bond donors (Lipinski definition) is 1. The van der Waals surface area contributed by atoms with Crippen LogP contribution in [0.5, 0.6) is 5.75 Å². The van der Waals surface area contributed by atoms with Gasteiger partial charge in [-0.05, 0) is 42.7 Å². The molecule has 3 aromatic rings. The molecular weight excluding hydrogens is 454 g/mol. The van der Waals surface area contributed by atoms with Crippen molar-refractivity contribution in [2.75, 3.05) is 6.54 Å². The fourth-order valence-corrected chi connectivity index (χ4v) is 4.16. The normalized spacial score (nSPS) is 14.0. The van der Waals surface area contributed by atoms with E-state index < -0.39 is 34.8 Å². The summed E-state index contributed by atoms with van der Waals surface area (Å²) in [6, 6.07) is 9.21. The number of fused-ring (bicyclic) bond motifs is 1. The average molecular weight is 475 g/mol. The Kier molecular flexibility index (Phi) is 5.93. The van der Waals surface area contributed by atoms with Gasteiger partial charge in [0.25, 0.3) is 5.91 Å². The molecule has 0 aliphatic carbocycles. The van der Waals surface area contributed by atoms with Gasteiger partial charge in [-0.15, -0.1) is 0 Å². The lowest BCUT2D eigenvalue weighted by Crippen LogP contribution is -2.46. The van der Waals surface area contributed by atoms with Gasteiger partial charge in [0.2, 0.25) is 5.75 Å². The molecule has 0 atom stereocenters. The highest BCUT2D eigenvalue weighted by Crippen LogP contribution is 2.34. The number of amides is 1. The van der Waals surface area contributed by atoms with Crippen LogP contribution in [0.15, 0.2) is 47.3 Å². The van der Waals surface area contributed by atoms with E-state index in [-0.39, 0.29) is 29.5 Å². The molecule has 178 valence electrons. The lowest BCUT2D eigenvalue weighted by molar-refractivity contribution is -0.139. The molecule has 0 saturated heterocycles. The molecule has 10 heteroatoms. The van der Waals surface area contributed by atoms with Crippen LogP contribution in [0.1, 0.15) is 41.3 Å². The lowest BCUT2D eigenvalue weighted by Gasteiger charge is -2.34. The summed E-state index contributed by atoms with van der Waals surface area (Å²) in [4.78, 5) is 30.8. The SMILES string of the molecule is CC(C)N1CCn2c(Cc3ccccc3-c3ccc(C(F)(F)F)c(F)c3)nc(=O)c(O)c2C1=O.